The Morgan fingerprint density at radius 3 is 2.16 bits per heavy atom. The van der Waals surface area contributed by atoms with Gasteiger partial charge in [0, 0.05) is 30.6 Å². The molecule has 172 valence electrons. The summed E-state index contributed by atoms with van der Waals surface area (Å²) in [6, 6.07) is 11.2. The van der Waals surface area contributed by atoms with Crippen molar-refractivity contribution in [3.63, 3.8) is 0 Å². The summed E-state index contributed by atoms with van der Waals surface area (Å²) in [4.78, 5) is 28.2. The molecule has 7 nitrogen and oxygen atoms in total. The molecule has 0 unspecified atom stereocenters. The second-order valence-electron chi connectivity index (χ2n) is 8.36. The van der Waals surface area contributed by atoms with Crippen molar-refractivity contribution >= 4 is 11.8 Å². The number of methoxy groups -OCH3 is 3. The summed E-state index contributed by atoms with van der Waals surface area (Å²) in [5.41, 5.74) is 2.43. The maximum Gasteiger partial charge on any atom is 0.254 e. The maximum absolute atomic E-state index is 13.3. The molecule has 0 radical (unpaired) electrons. The smallest absolute Gasteiger partial charge is 0.254 e. The average Bonchev–Trinajstić information content (AvgIpc) is 3.23. The van der Waals surface area contributed by atoms with Crippen LogP contribution >= 0.6 is 0 Å². The minimum atomic E-state index is -0.395. The summed E-state index contributed by atoms with van der Waals surface area (Å²) in [6.07, 6.45) is 0. The topological polar surface area (TPSA) is 77.1 Å². The van der Waals surface area contributed by atoms with Crippen LogP contribution in [-0.2, 0) is 4.79 Å². The highest BCUT2D eigenvalue weighted by molar-refractivity contribution is 5.96. The van der Waals surface area contributed by atoms with Crippen molar-refractivity contribution in [1.82, 2.24) is 10.2 Å². The van der Waals surface area contributed by atoms with E-state index in [1.165, 1.54) is 0 Å². The summed E-state index contributed by atoms with van der Waals surface area (Å²) >= 11 is 0. The lowest BCUT2D eigenvalue weighted by molar-refractivity contribution is -0.125. The van der Waals surface area contributed by atoms with Crippen molar-refractivity contribution in [2.45, 2.75) is 32.7 Å². The summed E-state index contributed by atoms with van der Waals surface area (Å²) in [5.74, 6) is 0.790. The number of amides is 2. The van der Waals surface area contributed by atoms with E-state index in [1.54, 1.807) is 26.2 Å². The van der Waals surface area contributed by atoms with E-state index in [4.69, 9.17) is 14.2 Å². The molecule has 1 fully saturated rings. The van der Waals surface area contributed by atoms with Gasteiger partial charge in [0.05, 0.1) is 27.2 Å². The molecular weight excluding hydrogens is 408 g/mol. The summed E-state index contributed by atoms with van der Waals surface area (Å²) in [6.45, 7) is 6.53. The van der Waals surface area contributed by atoms with Crippen molar-refractivity contribution in [1.29, 1.82) is 0 Å². The summed E-state index contributed by atoms with van der Waals surface area (Å²) < 4.78 is 16.5. The third-order valence-corrected chi connectivity index (χ3v) is 5.87. The largest absolute Gasteiger partial charge is 0.493 e. The van der Waals surface area contributed by atoms with Crippen LogP contribution in [0.4, 0.5) is 0 Å². The molecule has 0 aliphatic carbocycles. The third kappa shape index (κ3) is 4.66. The highest BCUT2D eigenvalue weighted by Gasteiger charge is 2.41. The lowest BCUT2D eigenvalue weighted by Gasteiger charge is -2.21. The maximum atomic E-state index is 13.3. The van der Waals surface area contributed by atoms with E-state index >= 15 is 0 Å². The Hall–Kier alpha value is -3.22. The monoisotopic (exact) mass is 440 g/mol. The van der Waals surface area contributed by atoms with Crippen LogP contribution in [0.1, 0.15) is 41.3 Å². The van der Waals surface area contributed by atoms with E-state index in [1.807, 2.05) is 57.2 Å². The Balaban J connectivity index is 2.01. The molecule has 7 heteroatoms. The zero-order valence-corrected chi connectivity index (χ0v) is 19.6. The number of hydrogen-bond acceptors (Lipinski definition) is 5. The number of hydrogen-bond donors (Lipinski definition) is 1. The van der Waals surface area contributed by atoms with Crippen molar-refractivity contribution < 1.29 is 23.8 Å². The second-order valence-corrected chi connectivity index (χ2v) is 8.36. The van der Waals surface area contributed by atoms with Gasteiger partial charge in [0.25, 0.3) is 5.91 Å². The number of rotatable bonds is 7. The summed E-state index contributed by atoms with van der Waals surface area (Å²) in [5, 5.41) is 3.01. The van der Waals surface area contributed by atoms with Gasteiger partial charge < -0.3 is 24.4 Å². The van der Waals surface area contributed by atoms with Gasteiger partial charge in [-0.2, -0.15) is 0 Å². The Kier molecular flexibility index (Phi) is 7.28. The van der Waals surface area contributed by atoms with Gasteiger partial charge in [-0.3, -0.25) is 9.59 Å². The molecule has 2 aromatic carbocycles. The van der Waals surface area contributed by atoms with Gasteiger partial charge >= 0.3 is 0 Å². The van der Waals surface area contributed by atoms with Crippen molar-refractivity contribution in [2.75, 3.05) is 34.4 Å². The molecule has 0 aromatic heterocycles. The Labute approximate surface area is 189 Å². The Morgan fingerprint density at radius 2 is 1.62 bits per heavy atom. The lowest BCUT2D eigenvalue weighted by atomic mass is 9.87. The fourth-order valence-electron chi connectivity index (χ4n) is 4.26. The third-order valence-electron chi connectivity index (χ3n) is 5.87. The van der Waals surface area contributed by atoms with Gasteiger partial charge in [-0.15, -0.1) is 0 Å². The molecule has 2 aromatic rings. The van der Waals surface area contributed by atoms with Crippen molar-refractivity contribution in [3.8, 4) is 17.2 Å². The fourth-order valence-corrected chi connectivity index (χ4v) is 4.26. The lowest BCUT2D eigenvalue weighted by Crippen LogP contribution is -2.39. The van der Waals surface area contributed by atoms with Gasteiger partial charge in [-0.05, 0) is 50.1 Å². The number of nitrogens with zero attached hydrogens (tertiary/aromatic N) is 1. The molecule has 0 spiro atoms. The van der Waals surface area contributed by atoms with Gasteiger partial charge in [0.2, 0.25) is 11.7 Å². The van der Waals surface area contributed by atoms with Crippen LogP contribution in [0.3, 0.4) is 0 Å². The number of aryl methyl sites for hydroxylation is 1. The Bertz CT molecular complexity index is 963. The van der Waals surface area contributed by atoms with Crippen molar-refractivity contribution in [3.05, 3.63) is 53.1 Å². The summed E-state index contributed by atoms with van der Waals surface area (Å²) in [7, 11) is 4.68. The number of benzene rings is 2. The number of nitrogens with one attached hydrogen (secondary N) is 1. The molecule has 1 heterocycles. The van der Waals surface area contributed by atoms with E-state index < -0.39 is 5.92 Å². The molecule has 0 bridgehead atoms. The van der Waals surface area contributed by atoms with Crippen LogP contribution in [0.25, 0.3) is 0 Å². The molecule has 1 aliphatic heterocycles. The molecule has 1 saturated heterocycles. The average molecular weight is 441 g/mol. The van der Waals surface area contributed by atoms with Crippen LogP contribution in [0.15, 0.2) is 36.4 Å². The number of ether oxygens (including phenoxy) is 3. The normalized spacial score (nSPS) is 17.9. The van der Waals surface area contributed by atoms with Gasteiger partial charge in [-0.1, -0.05) is 18.2 Å². The van der Waals surface area contributed by atoms with Crippen LogP contribution in [0, 0.1) is 12.8 Å². The van der Waals surface area contributed by atoms with Gasteiger partial charge in [0.1, 0.15) is 0 Å². The van der Waals surface area contributed by atoms with E-state index in [0.717, 1.165) is 11.1 Å². The first kappa shape index (κ1) is 23.4. The second kappa shape index (κ2) is 9.94. The minimum Gasteiger partial charge on any atom is -0.493 e. The number of carbonyl (C=O) groups is 2. The van der Waals surface area contributed by atoms with Crippen LogP contribution in [0.2, 0.25) is 0 Å². The number of carbonyl (C=O) groups excluding carboxylic acids is 2. The predicted molar refractivity (Wildman–Crippen MR) is 123 cm³/mol. The first-order valence-corrected chi connectivity index (χ1v) is 10.8. The highest BCUT2D eigenvalue weighted by atomic mass is 16.5. The predicted octanol–water partition coefficient (Wildman–Crippen LogP) is 3.40. The van der Waals surface area contributed by atoms with Crippen LogP contribution in [-0.4, -0.2) is 57.2 Å². The standard InChI is InChI=1S/C25H32N2O5/c1-15(2)26-24(28)20-14-27(25(29)18-10-8-7-9-16(18)3)13-19(20)17-11-21(30-4)23(32-6)22(12-17)31-5/h7-12,15,19-20H,13-14H2,1-6H3,(H,26,28)/t19-,20-/m1/s1. The first-order valence-electron chi connectivity index (χ1n) is 10.8. The molecule has 32 heavy (non-hydrogen) atoms. The van der Waals surface area contributed by atoms with Gasteiger partial charge in [0.15, 0.2) is 11.5 Å². The molecule has 2 atom stereocenters. The van der Waals surface area contributed by atoms with Crippen LogP contribution in [0.5, 0.6) is 17.2 Å². The van der Waals surface area contributed by atoms with Gasteiger partial charge in [-0.25, -0.2) is 0 Å². The zero-order chi connectivity index (χ0) is 23.4. The van der Waals surface area contributed by atoms with E-state index in [-0.39, 0.29) is 23.8 Å². The van der Waals surface area contributed by atoms with E-state index in [9.17, 15) is 9.59 Å². The number of likely N-dealkylation sites (tertiary alicyclic amines) is 1. The van der Waals surface area contributed by atoms with E-state index in [0.29, 0.717) is 35.9 Å². The molecule has 2 amide bonds. The van der Waals surface area contributed by atoms with Crippen molar-refractivity contribution in [2.24, 2.45) is 5.92 Å². The fraction of sp³-hybridized carbons (Fsp3) is 0.440. The Morgan fingerprint density at radius 1 is 1.00 bits per heavy atom. The molecule has 1 aliphatic rings. The highest BCUT2D eigenvalue weighted by Crippen LogP contribution is 2.43. The molecule has 1 N–H and O–H groups in total. The SMILES string of the molecule is COc1cc([C@H]2CN(C(=O)c3ccccc3C)C[C@H]2C(=O)NC(C)C)cc(OC)c1OC. The molecule has 0 saturated carbocycles. The van der Waals surface area contributed by atoms with Crippen LogP contribution < -0.4 is 19.5 Å². The quantitative estimate of drug-likeness (QED) is 0.714. The zero-order valence-electron chi connectivity index (χ0n) is 19.6. The molecular formula is C25H32N2O5. The molecule has 3 rings (SSSR count). The minimum absolute atomic E-state index is 0.00390. The first-order chi connectivity index (χ1) is 15.3. The van der Waals surface area contributed by atoms with E-state index in [2.05, 4.69) is 5.32 Å².